The van der Waals surface area contributed by atoms with Gasteiger partial charge in [-0.2, -0.15) is 0 Å². The van der Waals surface area contributed by atoms with Crippen molar-refractivity contribution in [2.45, 2.75) is 31.4 Å². The second kappa shape index (κ2) is 7.78. The minimum absolute atomic E-state index is 0. The van der Waals surface area contributed by atoms with E-state index in [1.54, 1.807) is 0 Å². The number of carbonyl (C=O) groups is 1. The van der Waals surface area contributed by atoms with Crippen LogP contribution in [-0.2, 0) is 16.0 Å². The third kappa shape index (κ3) is 4.19. The number of benzene rings is 1. The van der Waals surface area contributed by atoms with Crippen LogP contribution in [0.4, 0.5) is 0 Å². The topological polar surface area (TPSA) is 41.6 Å². The molecule has 4 nitrogen and oxygen atoms in total. The Morgan fingerprint density at radius 2 is 2.14 bits per heavy atom. The summed E-state index contributed by atoms with van der Waals surface area (Å²) in [7, 11) is 0. The van der Waals surface area contributed by atoms with Crippen LogP contribution in [0.3, 0.4) is 0 Å². The van der Waals surface area contributed by atoms with E-state index in [2.05, 4.69) is 17.4 Å². The summed E-state index contributed by atoms with van der Waals surface area (Å²) in [5.41, 5.74) is 1.27. The van der Waals surface area contributed by atoms with Crippen molar-refractivity contribution in [2.75, 3.05) is 26.2 Å². The Balaban J connectivity index is 0.00000161. The Labute approximate surface area is 132 Å². The number of nitrogens with zero attached hydrogens (tertiary/aromatic N) is 1. The van der Waals surface area contributed by atoms with Gasteiger partial charge in [-0.3, -0.25) is 4.79 Å². The van der Waals surface area contributed by atoms with Crippen molar-refractivity contribution in [3.05, 3.63) is 35.9 Å². The number of amides is 1. The van der Waals surface area contributed by atoms with Crippen molar-refractivity contribution in [1.29, 1.82) is 0 Å². The fourth-order valence-electron chi connectivity index (χ4n) is 3.04. The standard InChI is InChI=1S/C16H22N2O2.ClH/c19-16(15-7-4-8-17-15)18-9-10-20-14(12-18)11-13-5-2-1-3-6-13;/h1-3,5-6,14-15,17H,4,7-12H2;1H. The first-order valence-corrected chi connectivity index (χ1v) is 7.50. The summed E-state index contributed by atoms with van der Waals surface area (Å²) in [6, 6.07) is 10.4. The van der Waals surface area contributed by atoms with Gasteiger partial charge in [-0.1, -0.05) is 30.3 Å². The van der Waals surface area contributed by atoms with Crippen LogP contribution in [0.15, 0.2) is 30.3 Å². The number of ether oxygens (including phenoxy) is 1. The molecule has 2 heterocycles. The number of halogens is 1. The lowest BCUT2D eigenvalue weighted by Gasteiger charge is -2.34. The number of carbonyl (C=O) groups excluding carboxylic acids is 1. The van der Waals surface area contributed by atoms with Gasteiger partial charge in [-0.05, 0) is 24.9 Å². The van der Waals surface area contributed by atoms with Crippen LogP contribution >= 0.6 is 12.4 Å². The average Bonchev–Trinajstić information content (AvgIpc) is 3.02. The Hall–Kier alpha value is -1.10. The highest BCUT2D eigenvalue weighted by molar-refractivity contribution is 5.85. The van der Waals surface area contributed by atoms with Gasteiger partial charge in [0.1, 0.15) is 0 Å². The SMILES string of the molecule is Cl.O=C(C1CCCN1)N1CCOC(Cc2ccccc2)C1. The van der Waals surface area contributed by atoms with E-state index in [1.165, 1.54) is 5.56 Å². The zero-order valence-electron chi connectivity index (χ0n) is 12.2. The summed E-state index contributed by atoms with van der Waals surface area (Å²) in [5, 5.41) is 3.29. The van der Waals surface area contributed by atoms with Gasteiger partial charge in [0.25, 0.3) is 0 Å². The number of hydrogen-bond donors (Lipinski definition) is 1. The fraction of sp³-hybridized carbons (Fsp3) is 0.562. The predicted octanol–water partition coefficient (Wildman–Crippen LogP) is 1.63. The number of nitrogens with one attached hydrogen (secondary N) is 1. The van der Waals surface area contributed by atoms with Gasteiger partial charge in [0.15, 0.2) is 0 Å². The van der Waals surface area contributed by atoms with Crippen molar-refractivity contribution in [1.82, 2.24) is 10.2 Å². The first kappa shape index (κ1) is 16.3. The lowest BCUT2D eigenvalue weighted by Crippen LogP contribution is -2.51. The minimum atomic E-state index is 0. The Morgan fingerprint density at radius 3 is 2.86 bits per heavy atom. The number of rotatable bonds is 3. The molecule has 2 aliphatic heterocycles. The van der Waals surface area contributed by atoms with Crippen LogP contribution < -0.4 is 5.32 Å². The monoisotopic (exact) mass is 310 g/mol. The highest BCUT2D eigenvalue weighted by Gasteiger charge is 2.30. The molecule has 1 aromatic rings. The molecule has 0 radical (unpaired) electrons. The summed E-state index contributed by atoms with van der Waals surface area (Å²) in [5.74, 6) is 0.254. The van der Waals surface area contributed by atoms with Crippen LogP contribution in [0.1, 0.15) is 18.4 Å². The second-order valence-electron chi connectivity index (χ2n) is 5.62. The Morgan fingerprint density at radius 1 is 1.33 bits per heavy atom. The second-order valence-corrected chi connectivity index (χ2v) is 5.62. The maximum absolute atomic E-state index is 12.4. The first-order chi connectivity index (χ1) is 9.83. The average molecular weight is 311 g/mol. The third-order valence-corrected chi connectivity index (χ3v) is 4.12. The molecule has 0 saturated carbocycles. The molecule has 2 aliphatic rings. The van der Waals surface area contributed by atoms with Gasteiger partial charge in [0.05, 0.1) is 18.8 Å². The molecule has 1 aromatic carbocycles. The van der Waals surface area contributed by atoms with Crippen LogP contribution in [0, 0.1) is 0 Å². The van der Waals surface area contributed by atoms with E-state index < -0.39 is 0 Å². The lowest BCUT2D eigenvalue weighted by molar-refractivity contribution is -0.140. The quantitative estimate of drug-likeness (QED) is 0.922. The lowest BCUT2D eigenvalue weighted by atomic mass is 10.1. The minimum Gasteiger partial charge on any atom is -0.374 e. The molecule has 1 N–H and O–H groups in total. The van der Waals surface area contributed by atoms with E-state index in [1.807, 2.05) is 23.1 Å². The van der Waals surface area contributed by atoms with E-state index in [0.29, 0.717) is 13.2 Å². The van der Waals surface area contributed by atoms with Crippen LogP contribution in [0.25, 0.3) is 0 Å². The van der Waals surface area contributed by atoms with Gasteiger partial charge >= 0.3 is 0 Å². The summed E-state index contributed by atoms with van der Waals surface area (Å²) < 4.78 is 5.81. The zero-order valence-corrected chi connectivity index (χ0v) is 13.0. The maximum atomic E-state index is 12.4. The van der Waals surface area contributed by atoms with Crippen molar-refractivity contribution >= 4 is 18.3 Å². The molecule has 0 bridgehead atoms. The summed E-state index contributed by atoms with van der Waals surface area (Å²) in [4.78, 5) is 14.4. The maximum Gasteiger partial charge on any atom is 0.239 e. The molecule has 0 aliphatic carbocycles. The molecular formula is C16H23ClN2O2. The van der Waals surface area contributed by atoms with Crippen molar-refractivity contribution in [3.63, 3.8) is 0 Å². The van der Waals surface area contributed by atoms with E-state index in [0.717, 1.165) is 32.4 Å². The third-order valence-electron chi connectivity index (χ3n) is 4.12. The molecule has 2 saturated heterocycles. The highest BCUT2D eigenvalue weighted by Crippen LogP contribution is 2.15. The van der Waals surface area contributed by atoms with E-state index in [9.17, 15) is 4.79 Å². The smallest absolute Gasteiger partial charge is 0.239 e. The molecule has 0 aromatic heterocycles. The molecule has 2 atom stereocenters. The van der Waals surface area contributed by atoms with Gasteiger partial charge < -0.3 is 15.0 Å². The molecule has 5 heteroatoms. The van der Waals surface area contributed by atoms with Crippen LogP contribution in [0.5, 0.6) is 0 Å². The molecule has 116 valence electrons. The normalized spacial score (nSPS) is 25.4. The van der Waals surface area contributed by atoms with Gasteiger partial charge in [-0.25, -0.2) is 0 Å². The number of hydrogen-bond acceptors (Lipinski definition) is 3. The van der Waals surface area contributed by atoms with Crippen LogP contribution in [0.2, 0.25) is 0 Å². The molecule has 0 spiro atoms. The Kier molecular flexibility index (Phi) is 6.03. The molecule has 2 fully saturated rings. The van der Waals surface area contributed by atoms with Crippen molar-refractivity contribution in [3.8, 4) is 0 Å². The fourth-order valence-corrected chi connectivity index (χ4v) is 3.04. The highest BCUT2D eigenvalue weighted by atomic mass is 35.5. The summed E-state index contributed by atoms with van der Waals surface area (Å²) in [6.45, 7) is 3.05. The van der Waals surface area contributed by atoms with Gasteiger partial charge in [-0.15, -0.1) is 12.4 Å². The van der Waals surface area contributed by atoms with E-state index in [4.69, 9.17) is 4.74 Å². The van der Waals surface area contributed by atoms with Crippen molar-refractivity contribution in [2.24, 2.45) is 0 Å². The molecular weight excluding hydrogens is 288 g/mol. The van der Waals surface area contributed by atoms with Gasteiger partial charge in [0, 0.05) is 19.5 Å². The predicted molar refractivity (Wildman–Crippen MR) is 84.7 cm³/mol. The number of morpholine rings is 1. The summed E-state index contributed by atoms with van der Waals surface area (Å²) >= 11 is 0. The van der Waals surface area contributed by atoms with Crippen LogP contribution in [-0.4, -0.2) is 49.2 Å². The molecule has 3 rings (SSSR count). The Bertz CT molecular complexity index is 449. The van der Waals surface area contributed by atoms with E-state index >= 15 is 0 Å². The largest absolute Gasteiger partial charge is 0.374 e. The first-order valence-electron chi connectivity index (χ1n) is 7.50. The molecule has 2 unspecified atom stereocenters. The summed E-state index contributed by atoms with van der Waals surface area (Å²) in [6.07, 6.45) is 3.08. The molecule has 1 amide bonds. The van der Waals surface area contributed by atoms with E-state index in [-0.39, 0.29) is 30.5 Å². The van der Waals surface area contributed by atoms with Crippen molar-refractivity contribution < 1.29 is 9.53 Å². The zero-order chi connectivity index (χ0) is 13.8. The van der Waals surface area contributed by atoms with Gasteiger partial charge in [0.2, 0.25) is 5.91 Å². The molecule has 21 heavy (non-hydrogen) atoms.